The van der Waals surface area contributed by atoms with E-state index in [2.05, 4.69) is 68.5 Å². The summed E-state index contributed by atoms with van der Waals surface area (Å²) in [5, 5.41) is 4.09. The molecule has 46 heavy (non-hydrogen) atoms. The Kier molecular flexibility index (Phi) is 7.05. The lowest BCUT2D eigenvalue weighted by molar-refractivity contribution is 0.469. The fraction of sp³-hybridized carbons (Fsp3) is 0. The average Bonchev–Trinajstić information content (AvgIpc) is 3.13. The molecule has 6 nitrogen and oxygen atoms in total. The number of hydrogen-bond acceptors (Lipinski definition) is 6. The molecule has 8 aromatic rings. The van der Waals surface area contributed by atoms with Crippen LogP contribution in [0.25, 0.3) is 54.9 Å². The van der Waals surface area contributed by atoms with Crippen LogP contribution in [0.5, 0.6) is 23.3 Å². The van der Waals surface area contributed by atoms with E-state index in [1.54, 1.807) is 37.2 Å². The average molecular weight is 595 g/mol. The van der Waals surface area contributed by atoms with Gasteiger partial charge in [-0.25, -0.2) is 9.97 Å². The predicted molar refractivity (Wildman–Crippen MR) is 182 cm³/mol. The van der Waals surface area contributed by atoms with Gasteiger partial charge in [0.25, 0.3) is 0 Å². The minimum absolute atomic E-state index is 0.525. The molecule has 0 amide bonds. The Morgan fingerprint density at radius 1 is 0.370 bits per heavy atom. The largest absolute Gasteiger partial charge is 0.438 e. The smallest absolute Gasteiger partial charge is 0.227 e. The second-order valence-electron chi connectivity index (χ2n) is 10.8. The maximum Gasteiger partial charge on any atom is 0.227 e. The number of nitrogens with zero attached hydrogens (tertiary/aromatic N) is 4. The fourth-order valence-electron chi connectivity index (χ4n) is 5.71. The quantitative estimate of drug-likeness (QED) is 0.183. The normalized spacial score (nSPS) is 11.0. The standard InChI is InChI=1S/C40H26N4O2/c1-3-9-33-29(7-1)23-31(25-37(33)45-39-35(11-5-17-43-39)27-13-19-41-20-14-27)32-24-30-8-2-4-10-34(30)38(26-32)46-40-36(12-6-18-44-40)28-15-21-42-22-16-28/h1-26H. The lowest BCUT2D eigenvalue weighted by atomic mass is 9.97. The van der Waals surface area contributed by atoms with Gasteiger partial charge in [0.2, 0.25) is 11.8 Å². The Hall–Kier alpha value is -6.40. The van der Waals surface area contributed by atoms with Gasteiger partial charge in [-0.2, -0.15) is 0 Å². The van der Waals surface area contributed by atoms with E-state index in [1.807, 2.05) is 72.8 Å². The van der Waals surface area contributed by atoms with Crippen molar-refractivity contribution in [2.45, 2.75) is 0 Å². The molecule has 0 atom stereocenters. The van der Waals surface area contributed by atoms with Crippen molar-refractivity contribution in [3.05, 3.63) is 159 Å². The van der Waals surface area contributed by atoms with Crippen LogP contribution in [0.1, 0.15) is 0 Å². The molecule has 0 aliphatic rings. The molecule has 4 aromatic heterocycles. The lowest BCUT2D eigenvalue weighted by Gasteiger charge is -2.16. The Morgan fingerprint density at radius 2 is 0.804 bits per heavy atom. The van der Waals surface area contributed by atoms with Gasteiger partial charge >= 0.3 is 0 Å². The van der Waals surface area contributed by atoms with Gasteiger partial charge in [-0.1, -0.05) is 48.5 Å². The minimum atomic E-state index is 0.525. The highest BCUT2D eigenvalue weighted by molar-refractivity contribution is 5.97. The molecule has 6 heteroatoms. The summed E-state index contributed by atoms with van der Waals surface area (Å²) in [7, 11) is 0. The van der Waals surface area contributed by atoms with Crippen molar-refractivity contribution in [3.63, 3.8) is 0 Å². The van der Waals surface area contributed by atoms with Crippen molar-refractivity contribution >= 4 is 21.5 Å². The fourth-order valence-corrected chi connectivity index (χ4v) is 5.71. The Balaban J connectivity index is 1.25. The minimum Gasteiger partial charge on any atom is -0.438 e. The Morgan fingerprint density at radius 3 is 1.26 bits per heavy atom. The van der Waals surface area contributed by atoms with Crippen molar-refractivity contribution in [3.8, 4) is 56.6 Å². The summed E-state index contributed by atoms with van der Waals surface area (Å²) in [6, 6.07) is 40.6. The predicted octanol–water partition coefficient (Wildman–Crippen LogP) is 10.2. The zero-order chi connectivity index (χ0) is 30.7. The monoisotopic (exact) mass is 594 g/mol. The zero-order valence-corrected chi connectivity index (χ0v) is 24.6. The maximum atomic E-state index is 6.64. The van der Waals surface area contributed by atoms with E-state index in [1.165, 1.54) is 0 Å². The molecular weight excluding hydrogens is 568 g/mol. The summed E-state index contributed by atoms with van der Waals surface area (Å²) in [5.41, 5.74) is 5.72. The maximum absolute atomic E-state index is 6.64. The molecule has 218 valence electrons. The molecule has 8 rings (SSSR count). The summed E-state index contributed by atoms with van der Waals surface area (Å²) in [5.74, 6) is 2.47. The lowest BCUT2D eigenvalue weighted by Crippen LogP contribution is -1.95. The van der Waals surface area contributed by atoms with Gasteiger partial charge in [-0.05, 0) is 106 Å². The van der Waals surface area contributed by atoms with Crippen molar-refractivity contribution in [2.75, 3.05) is 0 Å². The topological polar surface area (TPSA) is 70.0 Å². The van der Waals surface area contributed by atoms with E-state index in [9.17, 15) is 0 Å². The van der Waals surface area contributed by atoms with Crippen LogP contribution < -0.4 is 9.47 Å². The van der Waals surface area contributed by atoms with Crippen LogP contribution in [-0.2, 0) is 0 Å². The number of ether oxygens (including phenoxy) is 2. The van der Waals surface area contributed by atoms with Crippen LogP contribution in [0, 0.1) is 0 Å². The molecule has 0 N–H and O–H groups in total. The molecule has 4 heterocycles. The number of rotatable bonds is 7. The van der Waals surface area contributed by atoms with Crippen LogP contribution in [0.2, 0.25) is 0 Å². The molecule has 0 bridgehead atoms. The number of pyridine rings is 4. The van der Waals surface area contributed by atoms with Crippen LogP contribution in [-0.4, -0.2) is 19.9 Å². The third-order valence-corrected chi connectivity index (χ3v) is 7.92. The molecule has 0 aliphatic heterocycles. The third-order valence-electron chi connectivity index (χ3n) is 7.92. The van der Waals surface area contributed by atoms with E-state index in [-0.39, 0.29) is 0 Å². The first kappa shape index (κ1) is 27.2. The van der Waals surface area contributed by atoms with Crippen molar-refractivity contribution < 1.29 is 9.47 Å². The van der Waals surface area contributed by atoms with E-state index >= 15 is 0 Å². The number of benzene rings is 4. The number of fused-ring (bicyclic) bond motifs is 2. The molecule has 0 unspecified atom stereocenters. The number of aromatic nitrogens is 4. The third kappa shape index (κ3) is 5.29. The molecule has 0 radical (unpaired) electrons. The SMILES string of the molecule is c1cnc(Oc2cc(-c3cc(Oc4ncccc4-c4ccncc4)c4ccccc4c3)cc3ccccc23)c(-c2ccncc2)c1. The summed E-state index contributed by atoms with van der Waals surface area (Å²) in [4.78, 5) is 17.6. The number of hydrogen-bond donors (Lipinski definition) is 0. The second-order valence-corrected chi connectivity index (χ2v) is 10.8. The highest BCUT2D eigenvalue weighted by Crippen LogP contribution is 2.41. The zero-order valence-electron chi connectivity index (χ0n) is 24.6. The molecule has 0 aliphatic carbocycles. The summed E-state index contributed by atoms with van der Waals surface area (Å²) < 4.78 is 13.3. The molecule has 0 saturated carbocycles. The van der Waals surface area contributed by atoms with Crippen LogP contribution >= 0.6 is 0 Å². The van der Waals surface area contributed by atoms with Crippen LogP contribution in [0.15, 0.2) is 159 Å². The Bertz CT molecular complexity index is 2160. The summed E-state index contributed by atoms with van der Waals surface area (Å²) in [6.45, 7) is 0. The van der Waals surface area contributed by atoms with E-state index < -0.39 is 0 Å². The van der Waals surface area contributed by atoms with Gasteiger partial charge in [-0.15, -0.1) is 0 Å². The van der Waals surface area contributed by atoms with Gasteiger partial charge in [0, 0.05) is 59.1 Å². The van der Waals surface area contributed by atoms with E-state index in [0.29, 0.717) is 23.3 Å². The Labute approximate surface area is 265 Å². The van der Waals surface area contributed by atoms with Crippen LogP contribution in [0.3, 0.4) is 0 Å². The highest BCUT2D eigenvalue weighted by Gasteiger charge is 2.16. The van der Waals surface area contributed by atoms with Crippen molar-refractivity contribution in [1.29, 1.82) is 0 Å². The van der Waals surface area contributed by atoms with Gasteiger partial charge in [0.15, 0.2) is 0 Å². The molecule has 0 saturated heterocycles. The summed E-state index contributed by atoms with van der Waals surface area (Å²) in [6.07, 6.45) is 10.6. The first-order valence-corrected chi connectivity index (χ1v) is 14.9. The van der Waals surface area contributed by atoms with Crippen LogP contribution in [0.4, 0.5) is 0 Å². The molecule has 4 aromatic carbocycles. The van der Waals surface area contributed by atoms with Gasteiger partial charge in [-0.3, -0.25) is 9.97 Å². The second kappa shape index (κ2) is 11.9. The van der Waals surface area contributed by atoms with Crippen molar-refractivity contribution in [2.24, 2.45) is 0 Å². The van der Waals surface area contributed by atoms with E-state index in [4.69, 9.17) is 9.47 Å². The van der Waals surface area contributed by atoms with Crippen molar-refractivity contribution in [1.82, 2.24) is 19.9 Å². The summed E-state index contributed by atoms with van der Waals surface area (Å²) >= 11 is 0. The molecule has 0 fully saturated rings. The highest BCUT2D eigenvalue weighted by atomic mass is 16.5. The first-order valence-electron chi connectivity index (χ1n) is 14.9. The molecule has 0 spiro atoms. The van der Waals surface area contributed by atoms with Gasteiger partial charge in [0.1, 0.15) is 11.5 Å². The molecular formula is C40H26N4O2. The van der Waals surface area contributed by atoms with E-state index in [0.717, 1.165) is 54.9 Å². The van der Waals surface area contributed by atoms with Gasteiger partial charge in [0.05, 0.1) is 0 Å². The first-order chi connectivity index (χ1) is 22.8. The van der Waals surface area contributed by atoms with Gasteiger partial charge < -0.3 is 9.47 Å².